The number of methoxy groups -OCH3 is 1. The second-order valence-corrected chi connectivity index (χ2v) is 4.68. The highest BCUT2D eigenvalue weighted by Gasteiger charge is 2.10. The first-order valence-electron chi connectivity index (χ1n) is 6.72. The van der Waals surface area contributed by atoms with Crippen molar-refractivity contribution < 1.29 is 19.4 Å². The standard InChI is InChI=1S/C17H17NO4/c1-12-4-3-9-18-16(12)22-10-13-5-7-14(8-6-13)15(11-21-2)17(19)20/h3-9,11H,10H2,1-2H3,(H,19,20)/b15-11+. The van der Waals surface area contributed by atoms with Gasteiger partial charge in [0.2, 0.25) is 5.88 Å². The smallest absolute Gasteiger partial charge is 0.339 e. The van der Waals surface area contributed by atoms with Crippen LogP contribution in [0.25, 0.3) is 5.57 Å². The fourth-order valence-electron chi connectivity index (χ4n) is 1.91. The molecule has 5 nitrogen and oxygen atoms in total. The predicted octanol–water partition coefficient (Wildman–Crippen LogP) is 3.04. The van der Waals surface area contributed by atoms with Crippen molar-refractivity contribution in [1.29, 1.82) is 0 Å². The van der Waals surface area contributed by atoms with E-state index in [0.29, 0.717) is 18.1 Å². The first kappa shape index (κ1) is 15.6. The Bertz CT molecular complexity index is 677. The molecule has 0 amide bonds. The number of hydrogen-bond donors (Lipinski definition) is 1. The maximum absolute atomic E-state index is 11.1. The summed E-state index contributed by atoms with van der Waals surface area (Å²) in [5.41, 5.74) is 2.58. The van der Waals surface area contributed by atoms with Gasteiger partial charge in [-0.1, -0.05) is 30.3 Å². The number of hydrogen-bond acceptors (Lipinski definition) is 4. The number of carboxylic acids is 1. The molecule has 0 spiro atoms. The summed E-state index contributed by atoms with van der Waals surface area (Å²) in [5.74, 6) is -0.438. The number of pyridine rings is 1. The van der Waals surface area contributed by atoms with Crippen molar-refractivity contribution in [3.05, 3.63) is 65.5 Å². The van der Waals surface area contributed by atoms with Gasteiger partial charge >= 0.3 is 5.97 Å². The Morgan fingerprint density at radius 2 is 2.00 bits per heavy atom. The zero-order chi connectivity index (χ0) is 15.9. The van der Waals surface area contributed by atoms with Crippen LogP contribution in [0.1, 0.15) is 16.7 Å². The fourth-order valence-corrected chi connectivity index (χ4v) is 1.91. The molecule has 0 atom stereocenters. The first-order chi connectivity index (χ1) is 10.6. The third kappa shape index (κ3) is 3.85. The summed E-state index contributed by atoms with van der Waals surface area (Å²) in [6, 6.07) is 10.9. The zero-order valence-corrected chi connectivity index (χ0v) is 12.4. The van der Waals surface area contributed by atoms with E-state index >= 15 is 0 Å². The number of aryl methyl sites for hydroxylation is 1. The Morgan fingerprint density at radius 1 is 1.27 bits per heavy atom. The van der Waals surface area contributed by atoms with Crippen LogP contribution in [-0.2, 0) is 16.1 Å². The maximum atomic E-state index is 11.1. The van der Waals surface area contributed by atoms with E-state index in [-0.39, 0.29) is 5.57 Å². The van der Waals surface area contributed by atoms with Gasteiger partial charge in [0.15, 0.2) is 0 Å². The Balaban J connectivity index is 2.08. The largest absolute Gasteiger partial charge is 0.503 e. The quantitative estimate of drug-likeness (QED) is 0.656. The SMILES string of the molecule is CO/C=C(/C(=O)O)c1ccc(COc2ncccc2C)cc1. The van der Waals surface area contributed by atoms with Gasteiger partial charge in [-0.2, -0.15) is 0 Å². The summed E-state index contributed by atoms with van der Waals surface area (Å²) in [6.07, 6.45) is 2.89. The average Bonchev–Trinajstić information content (AvgIpc) is 2.52. The lowest BCUT2D eigenvalue weighted by atomic mass is 10.1. The molecule has 114 valence electrons. The predicted molar refractivity (Wildman–Crippen MR) is 82.4 cm³/mol. The molecule has 1 aromatic heterocycles. The van der Waals surface area contributed by atoms with E-state index < -0.39 is 5.97 Å². The Labute approximate surface area is 128 Å². The normalized spacial score (nSPS) is 11.1. The van der Waals surface area contributed by atoms with Crippen LogP contribution in [0.5, 0.6) is 5.88 Å². The number of rotatable bonds is 6. The molecule has 0 radical (unpaired) electrons. The minimum atomic E-state index is -1.03. The van der Waals surface area contributed by atoms with Crippen molar-refractivity contribution in [2.75, 3.05) is 7.11 Å². The summed E-state index contributed by atoms with van der Waals surface area (Å²) in [7, 11) is 1.42. The summed E-state index contributed by atoms with van der Waals surface area (Å²) in [5, 5.41) is 9.13. The average molecular weight is 299 g/mol. The van der Waals surface area contributed by atoms with Gasteiger partial charge < -0.3 is 14.6 Å². The summed E-state index contributed by atoms with van der Waals surface area (Å²) < 4.78 is 10.4. The van der Waals surface area contributed by atoms with Gasteiger partial charge in [-0.25, -0.2) is 9.78 Å². The van der Waals surface area contributed by atoms with E-state index in [2.05, 4.69) is 4.98 Å². The van der Waals surface area contributed by atoms with Crippen LogP contribution in [0.2, 0.25) is 0 Å². The third-order valence-corrected chi connectivity index (χ3v) is 3.07. The lowest BCUT2D eigenvalue weighted by Gasteiger charge is -2.08. The summed E-state index contributed by atoms with van der Waals surface area (Å²) in [4.78, 5) is 15.3. The van der Waals surface area contributed by atoms with Gasteiger partial charge in [-0.3, -0.25) is 0 Å². The molecule has 1 N–H and O–H groups in total. The zero-order valence-electron chi connectivity index (χ0n) is 12.4. The van der Waals surface area contributed by atoms with E-state index in [1.54, 1.807) is 18.3 Å². The van der Waals surface area contributed by atoms with E-state index in [0.717, 1.165) is 11.1 Å². The van der Waals surface area contributed by atoms with E-state index in [4.69, 9.17) is 14.6 Å². The molecular formula is C17H17NO4. The molecule has 0 saturated carbocycles. The lowest BCUT2D eigenvalue weighted by Crippen LogP contribution is -2.02. The highest BCUT2D eigenvalue weighted by Crippen LogP contribution is 2.18. The van der Waals surface area contributed by atoms with E-state index in [9.17, 15) is 4.79 Å². The molecule has 5 heteroatoms. The van der Waals surface area contributed by atoms with Crippen LogP contribution in [-0.4, -0.2) is 23.2 Å². The van der Waals surface area contributed by atoms with Crippen molar-refractivity contribution in [3.8, 4) is 5.88 Å². The molecular weight excluding hydrogens is 282 g/mol. The van der Waals surface area contributed by atoms with E-state index in [1.165, 1.54) is 13.4 Å². The molecule has 0 fully saturated rings. The molecule has 2 rings (SSSR count). The summed E-state index contributed by atoms with van der Waals surface area (Å²) in [6.45, 7) is 2.30. The van der Waals surface area contributed by atoms with Crippen LogP contribution in [0.4, 0.5) is 0 Å². The molecule has 22 heavy (non-hydrogen) atoms. The van der Waals surface area contributed by atoms with Gasteiger partial charge in [0.05, 0.1) is 13.4 Å². The van der Waals surface area contributed by atoms with Crippen molar-refractivity contribution in [2.45, 2.75) is 13.5 Å². The number of ether oxygens (including phenoxy) is 2. The lowest BCUT2D eigenvalue weighted by molar-refractivity contribution is -0.130. The Hall–Kier alpha value is -2.82. The molecule has 0 unspecified atom stereocenters. The minimum absolute atomic E-state index is 0.107. The molecule has 0 saturated heterocycles. The van der Waals surface area contributed by atoms with Crippen LogP contribution < -0.4 is 4.74 Å². The van der Waals surface area contributed by atoms with Crippen LogP contribution in [0.3, 0.4) is 0 Å². The number of aromatic nitrogens is 1. The maximum Gasteiger partial charge on any atom is 0.339 e. The van der Waals surface area contributed by atoms with Gasteiger partial charge in [0.25, 0.3) is 0 Å². The molecule has 0 aliphatic carbocycles. The molecule has 1 heterocycles. The molecule has 1 aromatic carbocycles. The number of aliphatic carboxylic acids is 1. The third-order valence-electron chi connectivity index (χ3n) is 3.07. The Kier molecular flexibility index (Phi) is 5.14. The molecule has 0 bridgehead atoms. The number of carboxylic acid groups (broad SMARTS) is 1. The Morgan fingerprint density at radius 3 is 2.59 bits per heavy atom. The van der Waals surface area contributed by atoms with Crippen molar-refractivity contribution in [3.63, 3.8) is 0 Å². The monoisotopic (exact) mass is 299 g/mol. The molecule has 0 aliphatic heterocycles. The van der Waals surface area contributed by atoms with Crippen molar-refractivity contribution in [2.24, 2.45) is 0 Å². The first-order valence-corrected chi connectivity index (χ1v) is 6.72. The van der Waals surface area contributed by atoms with Crippen molar-refractivity contribution >= 4 is 11.5 Å². The van der Waals surface area contributed by atoms with Gasteiger partial charge in [0.1, 0.15) is 12.2 Å². The highest BCUT2D eigenvalue weighted by atomic mass is 16.5. The minimum Gasteiger partial charge on any atom is -0.503 e. The number of nitrogens with zero attached hydrogens (tertiary/aromatic N) is 1. The number of benzene rings is 1. The summed E-state index contributed by atoms with van der Waals surface area (Å²) >= 11 is 0. The number of carbonyl (C=O) groups is 1. The fraction of sp³-hybridized carbons (Fsp3) is 0.176. The molecule has 0 aliphatic rings. The topological polar surface area (TPSA) is 68.7 Å². The van der Waals surface area contributed by atoms with Crippen molar-refractivity contribution in [1.82, 2.24) is 4.98 Å². The second-order valence-electron chi connectivity index (χ2n) is 4.68. The van der Waals surface area contributed by atoms with Gasteiger partial charge in [-0.05, 0) is 24.1 Å². The second kappa shape index (κ2) is 7.26. The van der Waals surface area contributed by atoms with Crippen LogP contribution >= 0.6 is 0 Å². The highest BCUT2D eigenvalue weighted by molar-refractivity contribution is 6.15. The van der Waals surface area contributed by atoms with Gasteiger partial charge in [0, 0.05) is 11.8 Å². The van der Waals surface area contributed by atoms with Gasteiger partial charge in [-0.15, -0.1) is 0 Å². The van der Waals surface area contributed by atoms with E-state index in [1.807, 2.05) is 31.2 Å². The molecule has 2 aromatic rings. The van der Waals surface area contributed by atoms with Crippen LogP contribution in [0.15, 0.2) is 48.9 Å². The van der Waals surface area contributed by atoms with Crippen LogP contribution in [0, 0.1) is 6.92 Å².